The standard InChI is InChI=1S/C13H19N3S/c1-13(2)4-7-16(8-5-13)11-9-10(12(14)17)3-6-15-11/h3,6,9H,4-5,7-8H2,1-2H3,(H2,14,17). The van der Waals surface area contributed by atoms with Crippen LogP contribution in [0, 0.1) is 5.41 Å². The zero-order valence-electron chi connectivity index (χ0n) is 10.4. The third kappa shape index (κ3) is 2.94. The summed E-state index contributed by atoms with van der Waals surface area (Å²) in [4.78, 5) is 7.15. The predicted molar refractivity (Wildman–Crippen MR) is 75.4 cm³/mol. The van der Waals surface area contributed by atoms with Crippen LogP contribution in [0.2, 0.25) is 0 Å². The fourth-order valence-corrected chi connectivity index (χ4v) is 2.21. The van der Waals surface area contributed by atoms with E-state index in [1.165, 1.54) is 12.8 Å². The molecular weight excluding hydrogens is 230 g/mol. The molecule has 2 heterocycles. The Bertz CT molecular complexity index is 418. The predicted octanol–water partition coefficient (Wildman–Crippen LogP) is 2.34. The monoisotopic (exact) mass is 249 g/mol. The number of nitrogens with zero attached hydrogens (tertiary/aromatic N) is 2. The van der Waals surface area contributed by atoms with Gasteiger partial charge in [-0.05, 0) is 30.4 Å². The maximum absolute atomic E-state index is 5.64. The van der Waals surface area contributed by atoms with Gasteiger partial charge in [-0.2, -0.15) is 0 Å². The highest BCUT2D eigenvalue weighted by Crippen LogP contribution is 2.31. The van der Waals surface area contributed by atoms with E-state index in [1.54, 1.807) is 6.20 Å². The molecule has 1 aliphatic heterocycles. The van der Waals surface area contributed by atoms with Crippen LogP contribution >= 0.6 is 12.2 Å². The van der Waals surface area contributed by atoms with Gasteiger partial charge in [-0.3, -0.25) is 0 Å². The number of hydrogen-bond acceptors (Lipinski definition) is 3. The SMILES string of the molecule is CC1(C)CCN(c2cc(C(N)=S)ccn2)CC1. The summed E-state index contributed by atoms with van der Waals surface area (Å²) in [5.74, 6) is 0.991. The first-order valence-electron chi connectivity index (χ1n) is 5.99. The molecule has 1 fully saturated rings. The highest BCUT2D eigenvalue weighted by Gasteiger charge is 2.25. The highest BCUT2D eigenvalue weighted by molar-refractivity contribution is 7.80. The van der Waals surface area contributed by atoms with Crippen molar-refractivity contribution in [2.75, 3.05) is 18.0 Å². The molecule has 1 saturated heterocycles. The van der Waals surface area contributed by atoms with Crippen molar-refractivity contribution in [2.45, 2.75) is 26.7 Å². The number of hydrogen-bond donors (Lipinski definition) is 1. The lowest BCUT2D eigenvalue weighted by molar-refractivity contribution is 0.279. The van der Waals surface area contributed by atoms with Crippen molar-refractivity contribution < 1.29 is 0 Å². The number of rotatable bonds is 2. The quantitative estimate of drug-likeness (QED) is 0.817. The highest BCUT2D eigenvalue weighted by atomic mass is 32.1. The molecule has 2 rings (SSSR count). The molecule has 0 bridgehead atoms. The molecule has 4 heteroatoms. The van der Waals surface area contributed by atoms with E-state index >= 15 is 0 Å². The van der Waals surface area contributed by atoms with Crippen LogP contribution in [0.3, 0.4) is 0 Å². The zero-order valence-corrected chi connectivity index (χ0v) is 11.3. The molecule has 17 heavy (non-hydrogen) atoms. The van der Waals surface area contributed by atoms with Crippen molar-refractivity contribution in [3.05, 3.63) is 23.9 Å². The summed E-state index contributed by atoms with van der Waals surface area (Å²) in [6, 6.07) is 3.85. The second kappa shape index (κ2) is 4.61. The van der Waals surface area contributed by atoms with Gasteiger partial charge in [0.2, 0.25) is 0 Å². The lowest BCUT2D eigenvalue weighted by atomic mass is 9.83. The molecule has 1 aliphatic rings. The molecule has 0 aliphatic carbocycles. The fourth-order valence-electron chi connectivity index (χ4n) is 2.09. The second-order valence-corrected chi connectivity index (χ2v) is 5.86. The van der Waals surface area contributed by atoms with Gasteiger partial charge in [0.15, 0.2) is 0 Å². The van der Waals surface area contributed by atoms with Crippen LogP contribution in [-0.4, -0.2) is 23.1 Å². The number of pyridine rings is 1. The molecular formula is C13H19N3S. The van der Waals surface area contributed by atoms with E-state index in [1.807, 2.05) is 12.1 Å². The molecule has 0 spiro atoms. The Morgan fingerprint density at radius 1 is 1.41 bits per heavy atom. The summed E-state index contributed by atoms with van der Waals surface area (Å²) in [6.07, 6.45) is 4.18. The zero-order chi connectivity index (χ0) is 12.5. The first kappa shape index (κ1) is 12.3. The topological polar surface area (TPSA) is 42.1 Å². The minimum atomic E-state index is 0.436. The molecule has 1 aromatic heterocycles. The second-order valence-electron chi connectivity index (χ2n) is 5.42. The first-order valence-corrected chi connectivity index (χ1v) is 6.40. The minimum Gasteiger partial charge on any atom is -0.389 e. The van der Waals surface area contributed by atoms with Gasteiger partial charge in [0.05, 0.1) is 0 Å². The van der Waals surface area contributed by atoms with Crippen LogP contribution < -0.4 is 10.6 Å². The van der Waals surface area contributed by atoms with Crippen LogP contribution in [0.4, 0.5) is 5.82 Å². The van der Waals surface area contributed by atoms with Crippen molar-refractivity contribution in [3.8, 4) is 0 Å². The van der Waals surface area contributed by atoms with E-state index in [0.717, 1.165) is 24.5 Å². The number of anilines is 1. The average molecular weight is 249 g/mol. The maximum atomic E-state index is 5.64. The van der Waals surface area contributed by atoms with Crippen molar-refractivity contribution >= 4 is 23.0 Å². The van der Waals surface area contributed by atoms with Crippen molar-refractivity contribution in [2.24, 2.45) is 11.1 Å². The summed E-state index contributed by atoms with van der Waals surface area (Å²) < 4.78 is 0. The van der Waals surface area contributed by atoms with Gasteiger partial charge in [0, 0.05) is 24.8 Å². The van der Waals surface area contributed by atoms with Crippen LogP contribution in [0.1, 0.15) is 32.3 Å². The van der Waals surface area contributed by atoms with E-state index < -0.39 is 0 Å². The minimum absolute atomic E-state index is 0.436. The summed E-state index contributed by atoms with van der Waals surface area (Å²) in [7, 11) is 0. The third-order valence-corrected chi connectivity index (χ3v) is 3.71. The summed E-state index contributed by atoms with van der Waals surface area (Å²) in [5.41, 5.74) is 6.99. The van der Waals surface area contributed by atoms with Gasteiger partial charge in [0.1, 0.15) is 10.8 Å². The van der Waals surface area contributed by atoms with E-state index in [0.29, 0.717) is 10.4 Å². The van der Waals surface area contributed by atoms with Crippen LogP contribution in [0.5, 0.6) is 0 Å². The molecule has 0 radical (unpaired) electrons. The third-order valence-electron chi connectivity index (χ3n) is 3.47. The summed E-state index contributed by atoms with van der Waals surface area (Å²) >= 11 is 4.99. The lowest BCUT2D eigenvalue weighted by Gasteiger charge is -2.37. The Balaban J connectivity index is 2.13. The van der Waals surface area contributed by atoms with E-state index in [4.69, 9.17) is 18.0 Å². The molecule has 0 aromatic carbocycles. The molecule has 0 amide bonds. The molecule has 3 nitrogen and oxygen atoms in total. The molecule has 0 saturated carbocycles. The molecule has 92 valence electrons. The van der Waals surface area contributed by atoms with Gasteiger partial charge in [-0.15, -0.1) is 0 Å². The Kier molecular flexibility index (Phi) is 3.33. The van der Waals surface area contributed by atoms with Gasteiger partial charge < -0.3 is 10.6 Å². The maximum Gasteiger partial charge on any atom is 0.129 e. The average Bonchev–Trinajstić information content (AvgIpc) is 2.29. The van der Waals surface area contributed by atoms with Gasteiger partial charge >= 0.3 is 0 Å². The van der Waals surface area contributed by atoms with E-state index in [-0.39, 0.29) is 0 Å². The largest absolute Gasteiger partial charge is 0.389 e. The number of aromatic nitrogens is 1. The number of piperidine rings is 1. The Labute approximate surface area is 108 Å². The number of nitrogens with two attached hydrogens (primary N) is 1. The molecule has 1 aromatic rings. The summed E-state index contributed by atoms with van der Waals surface area (Å²) in [6.45, 7) is 6.76. The first-order chi connectivity index (χ1) is 7.98. The van der Waals surface area contributed by atoms with Gasteiger partial charge in [-0.25, -0.2) is 4.98 Å². The molecule has 0 unspecified atom stereocenters. The molecule has 2 N–H and O–H groups in total. The normalized spacial score (nSPS) is 19.1. The van der Waals surface area contributed by atoms with Gasteiger partial charge in [0.25, 0.3) is 0 Å². The van der Waals surface area contributed by atoms with Crippen LogP contribution in [0.15, 0.2) is 18.3 Å². The van der Waals surface area contributed by atoms with E-state index in [2.05, 4.69) is 23.7 Å². The smallest absolute Gasteiger partial charge is 0.129 e. The Morgan fingerprint density at radius 2 is 2.06 bits per heavy atom. The van der Waals surface area contributed by atoms with Gasteiger partial charge in [-0.1, -0.05) is 26.1 Å². The van der Waals surface area contributed by atoms with Crippen molar-refractivity contribution in [1.82, 2.24) is 4.98 Å². The Hall–Kier alpha value is -1.16. The Morgan fingerprint density at radius 3 is 2.65 bits per heavy atom. The fraction of sp³-hybridized carbons (Fsp3) is 0.538. The van der Waals surface area contributed by atoms with Crippen LogP contribution in [-0.2, 0) is 0 Å². The van der Waals surface area contributed by atoms with Crippen LogP contribution in [0.25, 0.3) is 0 Å². The number of thiocarbonyl (C=S) groups is 1. The van der Waals surface area contributed by atoms with Crippen molar-refractivity contribution in [1.29, 1.82) is 0 Å². The summed E-state index contributed by atoms with van der Waals surface area (Å²) in [5, 5.41) is 0. The lowest BCUT2D eigenvalue weighted by Crippen LogP contribution is -2.37. The molecule has 0 atom stereocenters. The van der Waals surface area contributed by atoms with E-state index in [9.17, 15) is 0 Å². The van der Waals surface area contributed by atoms with Crippen molar-refractivity contribution in [3.63, 3.8) is 0 Å².